The molecule has 1 aromatic heterocycles. The van der Waals surface area contributed by atoms with Crippen molar-refractivity contribution >= 4 is 39.0 Å². The third-order valence-corrected chi connectivity index (χ3v) is 4.78. The highest BCUT2D eigenvalue weighted by Crippen LogP contribution is 2.28. The molecule has 0 aliphatic heterocycles. The molecule has 0 aliphatic rings. The molecule has 2 aromatic carbocycles. The minimum atomic E-state index is 0.102. The summed E-state index contributed by atoms with van der Waals surface area (Å²) in [5, 5.41) is 3.00. The molecule has 0 spiro atoms. The van der Waals surface area contributed by atoms with Crippen LogP contribution in [-0.4, -0.2) is 12.0 Å². The highest BCUT2D eigenvalue weighted by atomic mass is 32.2. The smallest absolute Gasteiger partial charge is 0.194 e. The zero-order valence-corrected chi connectivity index (χ0v) is 12.1. The minimum Gasteiger partial charge on any atom is -0.289 e. The maximum atomic E-state index is 12.5. The molecule has 0 unspecified atom stereocenters. The first-order valence-corrected chi connectivity index (χ1v) is 8.05. The van der Waals surface area contributed by atoms with E-state index in [9.17, 15) is 4.79 Å². The molecule has 1 heterocycles. The molecule has 1 nitrogen and oxygen atoms in total. The molecule has 0 radical (unpaired) electrons. The van der Waals surface area contributed by atoms with Crippen LogP contribution in [0.3, 0.4) is 0 Å². The molecule has 3 rings (SSSR count). The number of hydrogen-bond acceptors (Lipinski definition) is 3. The van der Waals surface area contributed by atoms with Gasteiger partial charge in [-0.1, -0.05) is 18.2 Å². The van der Waals surface area contributed by atoms with E-state index < -0.39 is 0 Å². The Labute approximate surface area is 120 Å². The zero-order chi connectivity index (χ0) is 13.2. The number of rotatable bonds is 3. The predicted octanol–water partition coefficient (Wildman–Crippen LogP) is 4.85. The van der Waals surface area contributed by atoms with E-state index in [4.69, 9.17) is 0 Å². The topological polar surface area (TPSA) is 17.1 Å². The van der Waals surface area contributed by atoms with Crippen LogP contribution < -0.4 is 0 Å². The van der Waals surface area contributed by atoms with Crippen molar-refractivity contribution in [1.29, 1.82) is 0 Å². The Balaban J connectivity index is 2.03. The number of thiophene rings is 1. The summed E-state index contributed by atoms with van der Waals surface area (Å²) < 4.78 is 1.16. The van der Waals surface area contributed by atoms with Gasteiger partial charge in [-0.2, -0.15) is 0 Å². The number of hydrogen-bond donors (Lipinski definition) is 0. The van der Waals surface area contributed by atoms with Gasteiger partial charge in [0, 0.05) is 31.5 Å². The summed E-state index contributed by atoms with van der Waals surface area (Å²) in [5.41, 5.74) is 1.55. The van der Waals surface area contributed by atoms with E-state index in [1.807, 2.05) is 60.2 Å². The van der Waals surface area contributed by atoms with E-state index in [0.717, 1.165) is 21.2 Å². The highest BCUT2D eigenvalue weighted by molar-refractivity contribution is 7.98. The molecule has 0 amide bonds. The van der Waals surface area contributed by atoms with E-state index in [1.165, 1.54) is 4.90 Å². The normalized spacial score (nSPS) is 10.8. The monoisotopic (exact) mass is 284 g/mol. The van der Waals surface area contributed by atoms with Crippen molar-refractivity contribution < 1.29 is 4.79 Å². The summed E-state index contributed by atoms with van der Waals surface area (Å²) in [6, 6.07) is 15.8. The van der Waals surface area contributed by atoms with Gasteiger partial charge in [-0.3, -0.25) is 4.79 Å². The molecule has 0 fully saturated rings. The molecule has 3 heteroatoms. The Bertz CT molecular complexity index is 726. The highest BCUT2D eigenvalue weighted by Gasteiger charge is 2.13. The van der Waals surface area contributed by atoms with Crippen LogP contribution in [0.25, 0.3) is 10.1 Å². The van der Waals surface area contributed by atoms with E-state index in [2.05, 4.69) is 0 Å². The van der Waals surface area contributed by atoms with Crippen LogP contribution in [0.1, 0.15) is 15.9 Å². The third kappa shape index (κ3) is 2.31. The van der Waals surface area contributed by atoms with E-state index in [-0.39, 0.29) is 5.78 Å². The average Bonchev–Trinajstić information content (AvgIpc) is 2.90. The minimum absolute atomic E-state index is 0.102. The number of fused-ring (bicyclic) bond motifs is 1. The SMILES string of the molecule is CSc1ccc(C(=O)c2csc3ccccc23)cc1. The van der Waals surface area contributed by atoms with Gasteiger partial charge in [0.15, 0.2) is 5.78 Å². The Kier molecular flexibility index (Phi) is 3.40. The van der Waals surface area contributed by atoms with Gasteiger partial charge in [-0.05, 0) is 36.6 Å². The Hall–Kier alpha value is -1.58. The lowest BCUT2D eigenvalue weighted by atomic mass is 10.0. The molecule has 0 saturated carbocycles. The second-order valence-electron chi connectivity index (χ2n) is 4.20. The zero-order valence-electron chi connectivity index (χ0n) is 10.4. The molecular weight excluding hydrogens is 272 g/mol. The second kappa shape index (κ2) is 5.19. The van der Waals surface area contributed by atoms with E-state index in [0.29, 0.717) is 0 Å². The second-order valence-corrected chi connectivity index (χ2v) is 5.99. The van der Waals surface area contributed by atoms with E-state index >= 15 is 0 Å². The predicted molar refractivity (Wildman–Crippen MR) is 83.5 cm³/mol. The van der Waals surface area contributed by atoms with Gasteiger partial charge >= 0.3 is 0 Å². The first kappa shape index (κ1) is 12.5. The van der Waals surface area contributed by atoms with Gasteiger partial charge < -0.3 is 0 Å². The number of carbonyl (C=O) groups excluding carboxylic acids is 1. The lowest BCUT2D eigenvalue weighted by molar-refractivity contribution is 0.104. The molecule has 19 heavy (non-hydrogen) atoms. The van der Waals surface area contributed by atoms with Crippen LogP contribution in [0.2, 0.25) is 0 Å². The van der Waals surface area contributed by atoms with Crippen molar-refractivity contribution in [1.82, 2.24) is 0 Å². The third-order valence-electron chi connectivity index (χ3n) is 3.08. The summed E-state index contributed by atoms with van der Waals surface area (Å²) in [5.74, 6) is 0.102. The van der Waals surface area contributed by atoms with Crippen molar-refractivity contribution in [2.75, 3.05) is 6.26 Å². The van der Waals surface area contributed by atoms with Gasteiger partial charge in [0.25, 0.3) is 0 Å². The molecule has 0 saturated heterocycles. The van der Waals surface area contributed by atoms with Crippen LogP contribution in [-0.2, 0) is 0 Å². The Morgan fingerprint density at radius 1 is 1.05 bits per heavy atom. The fourth-order valence-corrected chi connectivity index (χ4v) is 3.40. The van der Waals surface area contributed by atoms with Crippen LogP contribution in [0, 0.1) is 0 Å². The maximum absolute atomic E-state index is 12.5. The van der Waals surface area contributed by atoms with E-state index in [1.54, 1.807) is 23.1 Å². The van der Waals surface area contributed by atoms with Crippen LogP contribution in [0.15, 0.2) is 58.8 Å². The van der Waals surface area contributed by atoms with Crippen molar-refractivity contribution in [2.45, 2.75) is 4.90 Å². The largest absolute Gasteiger partial charge is 0.289 e. The van der Waals surface area contributed by atoms with Crippen molar-refractivity contribution in [3.8, 4) is 0 Å². The van der Waals surface area contributed by atoms with Crippen molar-refractivity contribution in [2.24, 2.45) is 0 Å². The average molecular weight is 284 g/mol. The van der Waals surface area contributed by atoms with Crippen molar-refractivity contribution in [3.05, 3.63) is 65.0 Å². The molecule has 0 aliphatic carbocycles. The fraction of sp³-hybridized carbons (Fsp3) is 0.0625. The molecule has 94 valence electrons. The van der Waals surface area contributed by atoms with Gasteiger partial charge in [0.05, 0.1) is 0 Å². The molecular formula is C16H12OS2. The van der Waals surface area contributed by atoms with Gasteiger partial charge in [-0.15, -0.1) is 23.1 Å². The first-order valence-electron chi connectivity index (χ1n) is 5.94. The number of benzene rings is 2. The summed E-state index contributed by atoms with van der Waals surface area (Å²) in [6.07, 6.45) is 2.03. The molecule has 0 N–H and O–H groups in total. The summed E-state index contributed by atoms with van der Waals surface area (Å²) in [4.78, 5) is 13.7. The van der Waals surface area contributed by atoms with Gasteiger partial charge in [0.1, 0.15) is 0 Å². The molecule has 0 atom stereocenters. The number of ketones is 1. The Morgan fingerprint density at radius 2 is 1.79 bits per heavy atom. The maximum Gasteiger partial charge on any atom is 0.194 e. The molecule has 3 aromatic rings. The van der Waals surface area contributed by atoms with Crippen molar-refractivity contribution in [3.63, 3.8) is 0 Å². The Morgan fingerprint density at radius 3 is 2.53 bits per heavy atom. The van der Waals surface area contributed by atoms with Gasteiger partial charge in [-0.25, -0.2) is 0 Å². The number of carbonyl (C=O) groups is 1. The quantitative estimate of drug-likeness (QED) is 0.505. The fourth-order valence-electron chi connectivity index (χ4n) is 2.05. The summed E-state index contributed by atoms with van der Waals surface area (Å²) in [7, 11) is 0. The van der Waals surface area contributed by atoms with Crippen LogP contribution in [0.4, 0.5) is 0 Å². The lowest BCUT2D eigenvalue weighted by Gasteiger charge is -2.01. The van der Waals surface area contributed by atoms with Gasteiger partial charge in [0.2, 0.25) is 0 Å². The lowest BCUT2D eigenvalue weighted by Crippen LogP contribution is -1.99. The van der Waals surface area contributed by atoms with Crippen LogP contribution >= 0.6 is 23.1 Å². The summed E-state index contributed by atoms with van der Waals surface area (Å²) >= 11 is 3.30. The number of thioether (sulfide) groups is 1. The first-order chi connectivity index (χ1) is 9.29. The standard InChI is InChI=1S/C16H12OS2/c1-18-12-8-6-11(7-9-12)16(17)14-10-19-15-5-3-2-4-13(14)15/h2-10H,1H3. The van der Waals surface area contributed by atoms with Crippen LogP contribution in [0.5, 0.6) is 0 Å². The summed E-state index contributed by atoms with van der Waals surface area (Å²) in [6.45, 7) is 0. The molecule has 0 bridgehead atoms.